The largest absolute Gasteiger partial charge is 0.447 e. The first-order valence-corrected chi connectivity index (χ1v) is 24.1. The smallest absolute Gasteiger partial charge is 0.419 e. The van der Waals surface area contributed by atoms with Gasteiger partial charge >= 0.3 is 12.2 Å². The van der Waals surface area contributed by atoms with Crippen LogP contribution in [0.1, 0.15) is 79.5 Å². The summed E-state index contributed by atoms with van der Waals surface area (Å²) in [7, 11) is -0.262. The molecule has 5 rings (SSSR count). The number of fused-ring (bicyclic) bond motifs is 1. The van der Waals surface area contributed by atoms with Gasteiger partial charge < -0.3 is 34.0 Å². The van der Waals surface area contributed by atoms with Crippen LogP contribution < -0.4 is 26.6 Å². The second-order valence-electron chi connectivity index (χ2n) is 18.5. The van der Waals surface area contributed by atoms with E-state index in [0.717, 1.165) is 33.3 Å². The topological polar surface area (TPSA) is 150 Å². The Morgan fingerprint density at radius 2 is 1.48 bits per heavy atom. The van der Waals surface area contributed by atoms with Crippen LogP contribution in [0.2, 0.25) is 5.04 Å². The number of nitrogens with zero attached hydrogens (tertiary/aromatic N) is 3. The summed E-state index contributed by atoms with van der Waals surface area (Å²) in [4.78, 5) is 69.4. The van der Waals surface area contributed by atoms with Gasteiger partial charge in [0.25, 0.3) is 13.9 Å². The Kier molecular flexibility index (Phi) is 16.5. The van der Waals surface area contributed by atoms with Crippen molar-refractivity contribution in [3.05, 3.63) is 137 Å². The molecular formula is C51H65N5O8Si. The third kappa shape index (κ3) is 12.3. The molecule has 3 amide bonds. The van der Waals surface area contributed by atoms with Gasteiger partial charge in [-0.2, -0.15) is 0 Å². The first-order chi connectivity index (χ1) is 30.7. The van der Waals surface area contributed by atoms with Crippen molar-refractivity contribution in [2.75, 3.05) is 32.6 Å². The number of carbonyl (C=O) groups excluding carboxylic acids is 4. The standard InChI is InChI=1S/C51H65N5O8Si/c1-36(2)33-38-22-19-23-39-34-40(56(45(38)39)49(61)64-50(4,5)6)35-55-30-20-28-43(46(55)58)53-47(59)51(7,8)65(41-24-13-11-14-25-41,42-26-15-12-16-27-42)63-32-31-62-48(60)52-37(3)21-17-18-29-44(57)54(9)10/h11-16,18-20,22-30,34,36-37H,17,21,31-33,35H2,1-10H3,(H,52,60)(H,53,59)/b29-18+/t37-/m0/s1. The van der Waals surface area contributed by atoms with Crippen molar-refractivity contribution < 1.29 is 33.1 Å². The Balaban J connectivity index is 1.42. The molecule has 65 heavy (non-hydrogen) atoms. The maximum atomic E-state index is 14.9. The van der Waals surface area contributed by atoms with Gasteiger partial charge in [0.15, 0.2) is 0 Å². The number of ether oxygens (including phenoxy) is 2. The van der Waals surface area contributed by atoms with Gasteiger partial charge in [0, 0.05) is 31.7 Å². The second kappa shape index (κ2) is 21.6. The molecule has 0 unspecified atom stereocenters. The minimum atomic E-state index is -3.63. The number of anilines is 1. The van der Waals surface area contributed by atoms with E-state index in [1.165, 1.54) is 15.5 Å². The molecule has 346 valence electrons. The fourth-order valence-corrected chi connectivity index (χ4v) is 12.5. The lowest BCUT2D eigenvalue weighted by Gasteiger charge is -2.43. The average Bonchev–Trinajstić information content (AvgIpc) is 3.62. The SMILES string of the molecule is CC(C)Cc1cccc2cc(Cn3cccc(NC(=O)C(C)(C)[Si](OCCOC(=O)N[C@@H](C)CC/C=C/C(=O)N(C)C)(c4ccccc4)c4ccccc4)c3=O)n(C(=O)OC(C)(C)C)c12. The number of pyridine rings is 1. The molecule has 0 aliphatic rings. The zero-order chi connectivity index (χ0) is 47.5. The maximum Gasteiger partial charge on any atom is 0.419 e. The van der Waals surface area contributed by atoms with Gasteiger partial charge in [-0.15, -0.1) is 0 Å². The van der Waals surface area contributed by atoms with Gasteiger partial charge in [0.1, 0.15) is 17.9 Å². The molecule has 1 atom stereocenters. The molecule has 2 aromatic heterocycles. The van der Waals surface area contributed by atoms with Crippen molar-refractivity contribution in [3.8, 4) is 0 Å². The number of amides is 3. The third-order valence-corrected chi connectivity index (χ3v) is 16.0. The zero-order valence-electron chi connectivity index (χ0n) is 39.5. The number of allylic oxidation sites excluding steroid dienone is 1. The normalized spacial score (nSPS) is 12.6. The summed E-state index contributed by atoms with van der Waals surface area (Å²) in [6.45, 7) is 15.1. The minimum Gasteiger partial charge on any atom is -0.447 e. The fourth-order valence-electron chi connectivity index (χ4n) is 7.90. The predicted octanol–water partition coefficient (Wildman–Crippen LogP) is 7.87. The molecule has 0 spiro atoms. The Labute approximate surface area is 383 Å². The molecule has 2 heterocycles. The van der Waals surface area contributed by atoms with E-state index in [9.17, 15) is 24.0 Å². The first kappa shape index (κ1) is 49.8. The van der Waals surface area contributed by atoms with Crippen molar-refractivity contribution in [2.24, 2.45) is 5.92 Å². The summed E-state index contributed by atoms with van der Waals surface area (Å²) >= 11 is 0. The van der Waals surface area contributed by atoms with Gasteiger partial charge in [-0.25, -0.2) is 14.2 Å². The average molecular weight is 904 g/mol. The Bertz CT molecular complexity index is 2480. The highest BCUT2D eigenvalue weighted by atomic mass is 28.4. The zero-order valence-corrected chi connectivity index (χ0v) is 40.5. The van der Waals surface area contributed by atoms with Crippen molar-refractivity contribution in [3.63, 3.8) is 0 Å². The van der Waals surface area contributed by atoms with Gasteiger partial charge in [-0.1, -0.05) is 113 Å². The van der Waals surface area contributed by atoms with Gasteiger partial charge in [0.05, 0.1) is 29.4 Å². The summed E-state index contributed by atoms with van der Waals surface area (Å²) in [5, 5.41) is 7.01. The van der Waals surface area contributed by atoms with Crippen LogP contribution >= 0.6 is 0 Å². The van der Waals surface area contributed by atoms with Crippen molar-refractivity contribution in [2.45, 2.75) is 97.9 Å². The molecule has 0 aliphatic carbocycles. The lowest BCUT2D eigenvalue weighted by Crippen LogP contribution is -2.70. The summed E-state index contributed by atoms with van der Waals surface area (Å²) in [6, 6.07) is 30.0. The molecular weight excluding hydrogens is 839 g/mol. The van der Waals surface area contributed by atoms with Gasteiger partial charge in [0.2, 0.25) is 11.8 Å². The number of hydrogen-bond donors (Lipinski definition) is 2. The molecule has 2 N–H and O–H groups in total. The molecule has 0 radical (unpaired) electrons. The van der Waals surface area contributed by atoms with E-state index < -0.39 is 42.6 Å². The lowest BCUT2D eigenvalue weighted by atomic mass is 10.0. The van der Waals surface area contributed by atoms with E-state index in [2.05, 4.69) is 24.5 Å². The van der Waals surface area contributed by atoms with Crippen LogP contribution in [0.5, 0.6) is 0 Å². The predicted molar refractivity (Wildman–Crippen MR) is 259 cm³/mol. The van der Waals surface area contributed by atoms with Crippen LogP contribution in [0, 0.1) is 5.92 Å². The van der Waals surface area contributed by atoms with Crippen LogP contribution in [-0.4, -0.2) is 85.3 Å². The van der Waals surface area contributed by atoms with E-state index >= 15 is 0 Å². The lowest BCUT2D eigenvalue weighted by molar-refractivity contribution is -0.123. The number of nitrogens with one attached hydrogen (secondary N) is 2. The second-order valence-corrected chi connectivity index (χ2v) is 22.5. The number of para-hydroxylation sites is 1. The van der Waals surface area contributed by atoms with Crippen LogP contribution in [0.25, 0.3) is 10.9 Å². The van der Waals surface area contributed by atoms with Crippen LogP contribution in [0.15, 0.2) is 120 Å². The number of likely N-dealkylation sites (N-methyl/N-ethyl adjacent to an activating group) is 1. The number of rotatable bonds is 18. The summed E-state index contributed by atoms with van der Waals surface area (Å²) in [6.07, 6.45) is 5.71. The molecule has 13 nitrogen and oxygen atoms in total. The Hall–Kier alpha value is -6.25. The van der Waals surface area contributed by atoms with Crippen LogP contribution in [0.4, 0.5) is 15.3 Å². The highest BCUT2D eigenvalue weighted by molar-refractivity contribution is 7.01. The molecule has 0 fully saturated rings. The van der Waals surface area contributed by atoms with E-state index in [1.807, 2.05) is 126 Å². The van der Waals surface area contributed by atoms with Crippen molar-refractivity contribution >= 4 is 59.3 Å². The highest BCUT2D eigenvalue weighted by Gasteiger charge is 2.57. The minimum absolute atomic E-state index is 0.0212. The molecule has 0 aliphatic heterocycles. The number of carbonyl (C=O) groups is 4. The summed E-state index contributed by atoms with van der Waals surface area (Å²) in [5.74, 6) is -0.221. The number of hydrogen-bond acceptors (Lipinski definition) is 8. The van der Waals surface area contributed by atoms with Gasteiger partial charge in [-0.05, 0) is 93.1 Å². The number of benzene rings is 3. The Morgan fingerprint density at radius 3 is 2.08 bits per heavy atom. The molecule has 0 saturated heterocycles. The van der Waals surface area contributed by atoms with E-state index in [-0.39, 0.29) is 37.4 Å². The number of alkyl carbamates (subject to hydrolysis) is 1. The van der Waals surface area contributed by atoms with E-state index in [0.29, 0.717) is 24.5 Å². The molecule has 14 heteroatoms. The van der Waals surface area contributed by atoms with Crippen LogP contribution in [-0.2, 0) is 36.5 Å². The highest BCUT2D eigenvalue weighted by Crippen LogP contribution is 2.39. The number of aromatic nitrogens is 2. The monoisotopic (exact) mass is 903 g/mol. The summed E-state index contributed by atoms with van der Waals surface area (Å²) in [5.41, 5.74) is 1.13. The quantitative estimate of drug-likeness (QED) is 0.0513. The van der Waals surface area contributed by atoms with Gasteiger partial charge in [-0.3, -0.25) is 14.4 Å². The molecule has 3 aromatic carbocycles. The van der Waals surface area contributed by atoms with Crippen molar-refractivity contribution in [1.82, 2.24) is 19.4 Å². The molecule has 5 aromatic rings. The summed E-state index contributed by atoms with van der Waals surface area (Å²) < 4.78 is 21.5. The molecule has 0 saturated carbocycles. The maximum absolute atomic E-state index is 14.9. The van der Waals surface area contributed by atoms with E-state index in [1.54, 1.807) is 43.1 Å². The van der Waals surface area contributed by atoms with E-state index in [4.69, 9.17) is 13.9 Å². The van der Waals surface area contributed by atoms with Crippen molar-refractivity contribution in [1.29, 1.82) is 0 Å². The fraction of sp³-hybridized carbons (Fsp3) is 0.392. The Morgan fingerprint density at radius 1 is 0.831 bits per heavy atom. The third-order valence-electron chi connectivity index (χ3n) is 11.1. The van der Waals surface area contributed by atoms with Crippen LogP contribution in [0.3, 0.4) is 0 Å². The first-order valence-electron chi connectivity index (χ1n) is 22.2. The molecule has 0 bridgehead atoms.